The number of carbonyl (C=O) groups excluding carboxylic acids is 1. The molecule has 1 amide bonds. The number of rotatable bonds is 12. The first-order valence-corrected chi connectivity index (χ1v) is 11.5. The molecule has 4 aromatic rings. The Morgan fingerprint density at radius 1 is 0.657 bits per heavy atom. The maximum Gasteiger partial charge on any atom is 0.243 e. The molecule has 4 aromatic carbocycles. The standard InChI is InChI=1S/C29H28N2O4/c32-29(21-30-27-16-7-8-17-28(27)35-22-23-10-3-1-4-11-23)31-24-12-9-15-26(20-24)34-19-18-33-25-13-5-2-6-14-25/h1-17,20,30H,18-19,21-22H2,(H,31,32). The van der Waals surface area contributed by atoms with Crippen LogP contribution in [0.15, 0.2) is 109 Å². The Balaban J connectivity index is 1.23. The van der Waals surface area contributed by atoms with Crippen molar-refractivity contribution in [2.75, 3.05) is 30.4 Å². The highest BCUT2D eigenvalue weighted by atomic mass is 16.5. The fourth-order valence-corrected chi connectivity index (χ4v) is 3.35. The highest BCUT2D eigenvalue weighted by Crippen LogP contribution is 2.25. The molecule has 0 spiro atoms. The molecule has 35 heavy (non-hydrogen) atoms. The summed E-state index contributed by atoms with van der Waals surface area (Å²) < 4.78 is 17.3. The summed E-state index contributed by atoms with van der Waals surface area (Å²) in [5, 5.41) is 6.05. The van der Waals surface area contributed by atoms with Gasteiger partial charge in [0, 0.05) is 11.8 Å². The van der Waals surface area contributed by atoms with Gasteiger partial charge >= 0.3 is 0 Å². The quantitative estimate of drug-likeness (QED) is 0.258. The van der Waals surface area contributed by atoms with Gasteiger partial charge in [0.05, 0.1) is 12.2 Å². The summed E-state index contributed by atoms with van der Waals surface area (Å²) in [6.45, 7) is 1.38. The van der Waals surface area contributed by atoms with Crippen LogP contribution >= 0.6 is 0 Å². The van der Waals surface area contributed by atoms with E-state index < -0.39 is 0 Å². The van der Waals surface area contributed by atoms with Crippen molar-refractivity contribution in [1.82, 2.24) is 0 Å². The number of carbonyl (C=O) groups is 1. The van der Waals surface area contributed by atoms with Crippen molar-refractivity contribution in [3.63, 3.8) is 0 Å². The number of para-hydroxylation sites is 3. The molecule has 0 bridgehead atoms. The molecule has 0 atom stereocenters. The van der Waals surface area contributed by atoms with Gasteiger partial charge in [0.1, 0.15) is 37.1 Å². The van der Waals surface area contributed by atoms with E-state index in [0.717, 1.165) is 17.0 Å². The number of hydrogen-bond donors (Lipinski definition) is 2. The van der Waals surface area contributed by atoms with Gasteiger partial charge in [-0.05, 0) is 42.0 Å². The zero-order valence-electron chi connectivity index (χ0n) is 19.4. The van der Waals surface area contributed by atoms with Gasteiger partial charge in [-0.1, -0.05) is 66.7 Å². The zero-order chi connectivity index (χ0) is 24.1. The Kier molecular flexibility index (Phi) is 8.60. The summed E-state index contributed by atoms with van der Waals surface area (Å²) in [5.41, 5.74) is 2.50. The molecule has 0 unspecified atom stereocenters. The van der Waals surface area contributed by atoms with Gasteiger partial charge in [-0.25, -0.2) is 0 Å². The fraction of sp³-hybridized carbons (Fsp3) is 0.138. The predicted molar refractivity (Wildman–Crippen MR) is 138 cm³/mol. The third kappa shape index (κ3) is 7.82. The molecule has 0 heterocycles. The van der Waals surface area contributed by atoms with E-state index in [-0.39, 0.29) is 12.5 Å². The lowest BCUT2D eigenvalue weighted by Gasteiger charge is -2.14. The minimum absolute atomic E-state index is 0.0989. The first-order chi connectivity index (χ1) is 17.3. The summed E-state index contributed by atoms with van der Waals surface area (Å²) >= 11 is 0. The van der Waals surface area contributed by atoms with E-state index in [1.807, 2.05) is 103 Å². The molecule has 0 radical (unpaired) electrons. The molecule has 0 aliphatic carbocycles. The number of hydrogen-bond acceptors (Lipinski definition) is 5. The highest BCUT2D eigenvalue weighted by molar-refractivity contribution is 5.94. The fourth-order valence-electron chi connectivity index (χ4n) is 3.35. The molecule has 0 fully saturated rings. The first-order valence-electron chi connectivity index (χ1n) is 11.5. The van der Waals surface area contributed by atoms with Crippen molar-refractivity contribution in [1.29, 1.82) is 0 Å². The van der Waals surface area contributed by atoms with Gasteiger partial charge in [-0.15, -0.1) is 0 Å². The third-order valence-corrected chi connectivity index (χ3v) is 5.05. The molecule has 2 N–H and O–H groups in total. The summed E-state index contributed by atoms with van der Waals surface area (Å²) in [6.07, 6.45) is 0. The minimum atomic E-state index is -0.174. The molecule has 0 aliphatic rings. The Morgan fingerprint density at radius 3 is 2.11 bits per heavy atom. The van der Waals surface area contributed by atoms with Crippen LogP contribution in [0.1, 0.15) is 5.56 Å². The van der Waals surface area contributed by atoms with Gasteiger partial charge in [0.15, 0.2) is 0 Å². The zero-order valence-corrected chi connectivity index (χ0v) is 19.4. The normalized spacial score (nSPS) is 10.3. The summed E-state index contributed by atoms with van der Waals surface area (Å²) in [5.74, 6) is 1.98. The van der Waals surface area contributed by atoms with Gasteiger partial charge < -0.3 is 24.8 Å². The van der Waals surface area contributed by atoms with Gasteiger partial charge in [-0.3, -0.25) is 4.79 Å². The Labute approximate surface area is 205 Å². The van der Waals surface area contributed by atoms with Gasteiger partial charge in [-0.2, -0.15) is 0 Å². The van der Waals surface area contributed by atoms with E-state index in [1.54, 1.807) is 6.07 Å². The lowest BCUT2D eigenvalue weighted by molar-refractivity contribution is -0.114. The average molecular weight is 469 g/mol. The van der Waals surface area contributed by atoms with Crippen LogP contribution in [0.5, 0.6) is 17.2 Å². The molecule has 0 saturated heterocycles. The van der Waals surface area contributed by atoms with Crippen LogP contribution in [0.2, 0.25) is 0 Å². The number of anilines is 2. The van der Waals surface area contributed by atoms with E-state index in [4.69, 9.17) is 14.2 Å². The Morgan fingerprint density at radius 2 is 1.31 bits per heavy atom. The monoisotopic (exact) mass is 468 g/mol. The largest absolute Gasteiger partial charge is 0.490 e. The molecular formula is C29H28N2O4. The van der Waals surface area contributed by atoms with Gasteiger partial charge in [0.25, 0.3) is 0 Å². The number of nitrogens with one attached hydrogen (secondary N) is 2. The van der Waals surface area contributed by atoms with Crippen LogP contribution in [0, 0.1) is 0 Å². The van der Waals surface area contributed by atoms with Gasteiger partial charge in [0.2, 0.25) is 5.91 Å². The van der Waals surface area contributed by atoms with E-state index in [0.29, 0.717) is 37.0 Å². The second-order valence-corrected chi connectivity index (χ2v) is 7.71. The molecule has 0 saturated carbocycles. The minimum Gasteiger partial charge on any atom is -0.490 e. The van der Waals surface area contributed by atoms with Crippen molar-refractivity contribution in [3.05, 3.63) is 115 Å². The molecule has 6 heteroatoms. The maximum atomic E-state index is 12.5. The molecule has 0 aliphatic heterocycles. The van der Waals surface area contributed by atoms with Crippen LogP contribution in [0.25, 0.3) is 0 Å². The van der Waals surface area contributed by atoms with Crippen LogP contribution < -0.4 is 24.8 Å². The van der Waals surface area contributed by atoms with Crippen molar-refractivity contribution in [3.8, 4) is 17.2 Å². The SMILES string of the molecule is O=C(CNc1ccccc1OCc1ccccc1)Nc1cccc(OCCOc2ccccc2)c1. The van der Waals surface area contributed by atoms with E-state index >= 15 is 0 Å². The Hall–Kier alpha value is -4.45. The maximum absolute atomic E-state index is 12.5. The molecule has 4 rings (SSSR count). The molecule has 6 nitrogen and oxygen atoms in total. The summed E-state index contributed by atoms with van der Waals surface area (Å²) in [7, 11) is 0. The predicted octanol–water partition coefficient (Wildman–Crippen LogP) is 5.77. The number of ether oxygens (including phenoxy) is 3. The first kappa shape index (κ1) is 23.7. The third-order valence-electron chi connectivity index (χ3n) is 5.05. The van der Waals surface area contributed by atoms with E-state index in [9.17, 15) is 4.79 Å². The molecule has 178 valence electrons. The van der Waals surface area contributed by atoms with Crippen LogP contribution in [-0.4, -0.2) is 25.7 Å². The molecule has 0 aromatic heterocycles. The second kappa shape index (κ2) is 12.7. The second-order valence-electron chi connectivity index (χ2n) is 7.71. The van der Waals surface area contributed by atoms with Crippen molar-refractivity contribution in [2.24, 2.45) is 0 Å². The highest BCUT2D eigenvalue weighted by Gasteiger charge is 2.07. The lowest BCUT2D eigenvalue weighted by atomic mass is 10.2. The van der Waals surface area contributed by atoms with Crippen molar-refractivity contribution >= 4 is 17.3 Å². The van der Waals surface area contributed by atoms with E-state index in [2.05, 4.69) is 10.6 Å². The molecular weight excluding hydrogens is 440 g/mol. The number of benzene rings is 4. The lowest BCUT2D eigenvalue weighted by Crippen LogP contribution is -2.22. The topological polar surface area (TPSA) is 68.8 Å². The smallest absolute Gasteiger partial charge is 0.243 e. The van der Waals surface area contributed by atoms with Crippen LogP contribution in [0.4, 0.5) is 11.4 Å². The van der Waals surface area contributed by atoms with Crippen LogP contribution in [0.3, 0.4) is 0 Å². The van der Waals surface area contributed by atoms with Crippen molar-refractivity contribution in [2.45, 2.75) is 6.61 Å². The average Bonchev–Trinajstić information content (AvgIpc) is 2.91. The summed E-state index contributed by atoms with van der Waals surface area (Å²) in [4.78, 5) is 12.5. The Bertz CT molecular complexity index is 1200. The number of amides is 1. The van der Waals surface area contributed by atoms with Crippen LogP contribution in [-0.2, 0) is 11.4 Å². The van der Waals surface area contributed by atoms with E-state index in [1.165, 1.54) is 0 Å². The van der Waals surface area contributed by atoms with Crippen molar-refractivity contribution < 1.29 is 19.0 Å². The summed E-state index contributed by atoms with van der Waals surface area (Å²) in [6, 6.07) is 34.4.